The normalized spacial score (nSPS) is 14.2. The molecule has 0 radical (unpaired) electrons. The van der Waals surface area contributed by atoms with Gasteiger partial charge in [-0.15, -0.1) is 0 Å². The molecular weight excluding hydrogens is 208 g/mol. The molecule has 6 nitrogen and oxygen atoms in total. The highest BCUT2D eigenvalue weighted by atomic mass is 16.2. The standard InChI is InChI=1S/C10H10N4O2/c15-9-4-8(13-14-9)10(16)12-6-7-2-1-3-11-5-7/h1-3,5H,4,6H2,(H,12,16)(H,14,15). The highest BCUT2D eigenvalue weighted by Crippen LogP contribution is 1.98. The molecule has 0 fully saturated rings. The Hall–Kier alpha value is -2.24. The molecule has 1 aromatic rings. The van der Waals surface area contributed by atoms with Gasteiger partial charge in [0, 0.05) is 18.9 Å². The Morgan fingerprint density at radius 2 is 2.44 bits per heavy atom. The summed E-state index contributed by atoms with van der Waals surface area (Å²) < 4.78 is 0. The molecule has 0 saturated carbocycles. The third-order valence-corrected chi connectivity index (χ3v) is 2.08. The van der Waals surface area contributed by atoms with Crippen LogP contribution in [0.4, 0.5) is 0 Å². The van der Waals surface area contributed by atoms with Crippen molar-refractivity contribution in [1.29, 1.82) is 0 Å². The number of aromatic nitrogens is 1. The predicted molar refractivity (Wildman–Crippen MR) is 56.3 cm³/mol. The molecular formula is C10H10N4O2. The van der Waals surface area contributed by atoms with E-state index in [1.807, 2.05) is 6.07 Å². The summed E-state index contributed by atoms with van der Waals surface area (Å²) in [5.74, 6) is -0.589. The van der Waals surface area contributed by atoms with Crippen LogP contribution in [0.1, 0.15) is 12.0 Å². The average Bonchev–Trinajstić information content (AvgIpc) is 2.74. The molecule has 0 spiro atoms. The largest absolute Gasteiger partial charge is 0.347 e. The van der Waals surface area contributed by atoms with E-state index < -0.39 is 0 Å². The lowest BCUT2D eigenvalue weighted by molar-refractivity contribution is -0.120. The van der Waals surface area contributed by atoms with E-state index in [1.54, 1.807) is 18.5 Å². The Bertz CT molecular complexity index is 441. The maximum absolute atomic E-state index is 11.5. The molecule has 0 atom stereocenters. The summed E-state index contributed by atoms with van der Waals surface area (Å²) in [7, 11) is 0. The predicted octanol–water partition coefficient (Wildman–Crippen LogP) is -0.426. The van der Waals surface area contributed by atoms with E-state index in [1.165, 1.54) is 0 Å². The number of hydrazone groups is 1. The number of nitrogens with one attached hydrogen (secondary N) is 2. The number of carbonyl (C=O) groups is 2. The molecule has 2 N–H and O–H groups in total. The van der Waals surface area contributed by atoms with Gasteiger partial charge in [-0.25, -0.2) is 5.43 Å². The van der Waals surface area contributed by atoms with E-state index in [9.17, 15) is 9.59 Å². The minimum absolute atomic E-state index is 0.0405. The number of pyridine rings is 1. The molecule has 1 aliphatic heterocycles. The van der Waals surface area contributed by atoms with E-state index in [0.29, 0.717) is 6.54 Å². The summed E-state index contributed by atoms with van der Waals surface area (Å²) in [5, 5.41) is 6.28. The zero-order valence-corrected chi connectivity index (χ0v) is 8.43. The van der Waals surface area contributed by atoms with E-state index in [0.717, 1.165) is 5.56 Å². The van der Waals surface area contributed by atoms with Gasteiger partial charge in [0.1, 0.15) is 5.71 Å². The smallest absolute Gasteiger partial charge is 0.268 e. The number of nitrogens with zero attached hydrogens (tertiary/aromatic N) is 2. The Morgan fingerprint density at radius 3 is 3.06 bits per heavy atom. The Kier molecular flexibility index (Phi) is 2.90. The van der Waals surface area contributed by atoms with Crippen LogP contribution >= 0.6 is 0 Å². The Morgan fingerprint density at radius 1 is 1.56 bits per heavy atom. The third-order valence-electron chi connectivity index (χ3n) is 2.08. The summed E-state index contributed by atoms with van der Waals surface area (Å²) in [6, 6.07) is 3.65. The van der Waals surface area contributed by atoms with Gasteiger partial charge in [0.2, 0.25) is 5.91 Å². The minimum Gasteiger partial charge on any atom is -0.347 e. The molecule has 0 aliphatic carbocycles. The molecule has 2 amide bonds. The van der Waals surface area contributed by atoms with Crippen molar-refractivity contribution in [2.45, 2.75) is 13.0 Å². The topological polar surface area (TPSA) is 83.5 Å². The molecule has 6 heteroatoms. The average molecular weight is 218 g/mol. The molecule has 1 aromatic heterocycles. The second kappa shape index (κ2) is 4.52. The summed E-state index contributed by atoms with van der Waals surface area (Å²) >= 11 is 0. The summed E-state index contributed by atoms with van der Waals surface area (Å²) in [6.07, 6.45) is 3.37. The Balaban J connectivity index is 1.87. The second-order valence-corrected chi connectivity index (χ2v) is 3.31. The van der Waals surface area contributed by atoms with E-state index >= 15 is 0 Å². The lowest BCUT2D eigenvalue weighted by atomic mass is 10.2. The zero-order valence-electron chi connectivity index (χ0n) is 8.43. The van der Waals surface area contributed by atoms with Crippen LogP contribution in [0.2, 0.25) is 0 Å². The van der Waals surface area contributed by atoms with Gasteiger partial charge in [-0.2, -0.15) is 5.10 Å². The van der Waals surface area contributed by atoms with Gasteiger partial charge in [0.25, 0.3) is 5.91 Å². The van der Waals surface area contributed by atoms with Crippen LogP contribution in [-0.4, -0.2) is 22.5 Å². The summed E-state index contributed by atoms with van der Waals surface area (Å²) in [4.78, 5) is 26.3. The minimum atomic E-state index is -0.331. The summed E-state index contributed by atoms with van der Waals surface area (Å²) in [6.45, 7) is 0.375. The first-order chi connectivity index (χ1) is 7.75. The fourth-order valence-corrected chi connectivity index (χ4v) is 1.28. The zero-order chi connectivity index (χ0) is 11.4. The van der Waals surface area contributed by atoms with Gasteiger partial charge in [-0.05, 0) is 11.6 Å². The first-order valence-electron chi connectivity index (χ1n) is 4.78. The molecule has 2 heterocycles. The van der Waals surface area contributed by atoms with Crippen molar-refractivity contribution in [2.75, 3.05) is 0 Å². The highest BCUT2D eigenvalue weighted by Gasteiger charge is 2.20. The summed E-state index contributed by atoms with van der Waals surface area (Å²) in [5.41, 5.74) is 3.34. The lowest BCUT2D eigenvalue weighted by Gasteiger charge is -2.03. The van der Waals surface area contributed by atoms with Gasteiger partial charge >= 0.3 is 0 Å². The van der Waals surface area contributed by atoms with E-state index in [4.69, 9.17) is 0 Å². The van der Waals surface area contributed by atoms with Crippen molar-refractivity contribution in [3.63, 3.8) is 0 Å². The first-order valence-corrected chi connectivity index (χ1v) is 4.78. The number of amides is 2. The second-order valence-electron chi connectivity index (χ2n) is 3.31. The third kappa shape index (κ3) is 2.41. The maximum Gasteiger partial charge on any atom is 0.268 e. The van der Waals surface area contributed by atoms with E-state index in [-0.39, 0.29) is 23.9 Å². The van der Waals surface area contributed by atoms with Crippen LogP contribution < -0.4 is 10.7 Å². The number of hydrogen-bond donors (Lipinski definition) is 2. The highest BCUT2D eigenvalue weighted by molar-refractivity contribution is 6.43. The van der Waals surface area contributed by atoms with Gasteiger partial charge < -0.3 is 5.32 Å². The molecule has 16 heavy (non-hydrogen) atoms. The van der Waals surface area contributed by atoms with Crippen molar-refractivity contribution < 1.29 is 9.59 Å². The molecule has 0 aromatic carbocycles. The molecule has 0 bridgehead atoms. The van der Waals surface area contributed by atoms with Crippen LogP contribution in [0.5, 0.6) is 0 Å². The van der Waals surface area contributed by atoms with Gasteiger partial charge in [-0.1, -0.05) is 6.07 Å². The van der Waals surface area contributed by atoms with Gasteiger partial charge in [-0.3, -0.25) is 14.6 Å². The van der Waals surface area contributed by atoms with Gasteiger partial charge in [0.05, 0.1) is 6.42 Å². The van der Waals surface area contributed by atoms with Crippen molar-refractivity contribution in [3.8, 4) is 0 Å². The lowest BCUT2D eigenvalue weighted by Crippen LogP contribution is -2.30. The van der Waals surface area contributed by atoms with Crippen molar-refractivity contribution in [1.82, 2.24) is 15.7 Å². The fourth-order valence-electron chi connectivity index (χ4n) is 1.28. The van der Waals surface area contributed by atoms with Crippen molar-refractivity contribution >= 4 is 17.5 Å². The number of carbonyl (C=O) groups excluding carboxylic acids is 2. The Labute approximate surface area is 91.8 Å². The SMILES string of the molecule is O=C1CC(C(=O)NCc2cccnc2)=NN1. The monoisotopic (exact) mass is 218 g/mol. The molecule has 2 rings (SSSR count). The first kappa shape index (κ1) is 10.3. The molecule has 82 valence electrons. The molecule has 0 unspecified atom stereocenters. The van der Waals surface area contributed by atoms with Crippen LogP contribution in [0, 0.1) is 0 Å². The van der Waals surface area contributed by atoms with E-state index in [2.05, 4.69) is 20.8 Å². The van der Waals surface area contributed by atoms with Crippen LogP contribution in [0.25, 0.3) is 0 Å². The van der Waals surface area contributed by atoms with Crippen LogP contribution in [0.3, 0.4) is 0 Å². The van der Waals surface area contributed by atoms with Crippen molar-refractivity contribution in [3.05, 3.63) is 30.1 Å². The maximum atomic E-state index is 11.5. The quantitative estimate of drug-likeness (QED) is 0.722. The van der Waals surface area contributed by atoms with Gasteiger partial charge in [0.15, 0.2) is 0 Å². The van der Waals surface area contributed by atoms with Crippen LogP contribution in [0.15, 0.2) is 29.6 Å². The molecule has 1 aliphatic rings. The van der Waals surface area contributed by atoms with Crippen molar-refractivity contribution in [2.24, 2.45) is 5.10 Å². The number of rotatable bonds is 3. The number of hydrogen-bond acceptors (Lipinski definition) is 4. The molecule has 0 saturated heterocycles. The van der Waals surface area contributed by atoms with Crippen LogP contribution in [-0.2, 0) is 16.1 Å². The fraction of sp³-hybridized carbons (Fsp3) is 0.200.